The number of carbonyl (C=O) groups excluding carboxylic acids is 2. The van der Waals surface area contributed by atoms with Gasteiger partial charge in [0.05, 0.1) is 0 Å². The summed E-state index contributed by atoms with van der Waals surface area (Å²) in [5.41, 5.74) is 0. The molecule has 1 aliphatic rings. The average molecular weight is 325 g/mol. The Labute approximate surface area is 141 Å². The van der Waals surface area contributed by atoms with E-state index < -0.39 is 0 Å². The zero-order chi connectivity index (χ0) is 16.9. The summed E-state index contributed by atoms with van der Waals surface area (Å²) in [7, 11) is 0. The molecule has 0 heterocycles. The molecule has 0 spiro atoms. The molecule has 0 aromatic carbocycles. The van der Waals surface area contributed by atoms with E-state index in [0.29, 0.717) is 25.4 Å². The van der Waals surface area contributed by atoms with E-state index in [1.54, 1.807) is 0 Å². The Morgan fingerprint density at radius 1 is 1.09 bits per heavy atom. The van der Waals surface area contributed by atoms with Gasteiger partial charge in [-0.3, -0.25) is 4.79 Å². The lowest BCUT2D eigenvalue weighted by Gasteiger charge is -2.22. The van der Waals surface area contributed by atoms with Crippen LogP contribution in [0, 0.1) is 0 Å². The number of rotatable bonds is 10. The second-order valence-corrected chi connectivity index (χ2v) is 6.80. The van der Waals surface area contributed by atoms with Gasteiger partial charge in [-0.25, -0.2) is 4.79 Å². The van der Waals surface area contributed by atoms with Crippen molar-refractivity contribution in [2.45, 2.75) is 96.6 Å². The molecule has 1 saturated carbocycles. The van der Waals surface area contributed by atoms with Gasteiger partial charge < -0.3 is 16.0 Å². The van der Waals surface area contributed by atoms with E-state index >= 15 is 0 Å². The van der Waals surface area contributed by atoms with Gasteiger partial charge in [0.25, 0.3) is 0 Å². The van der Waals surface area contributed by atoms with E-state index in [1.165, 1.54) is 38.5 Å². The number of amides is 3. The summed E-state index contributed by atoms with van der Waals surface area (Å²) < 4.78 is 0. The summed E-state index contributed by atoms with van der Waals surface area (Å²) in [6, 6.07) is 0.484. The molecule has 1 rings (SSSR count). The van der Waals surface area contributed by atoms with Gasteiger partial charge in [-0.2, -0.15) is 0 Å². The van der Waals surface area contributed by atoms with E-state index in [-0.39, 0.29) is 18.0 Å². The normalized spacial score (nSPS) is 16.6. The van der Waals surface area contributed by atoms with Gasteiger partial charge in [0.2, 0.25) is 5.91 Å². The van der Waals surface area contributed by atoms with Crippen LogP contribution in [0.5, 0.6) is 0 Å². The van der Waals surface area contributed by atoms with Crippen molar-refractivity contribution in [3.8, 4) is 0 Å². The minimum atomic E-state index is -0.0924. The quantitative estimate of drug-likeness (QED) is 0.538. The zero-order valence-corrected chi connectivity index (χ0v) is 15.0. The molecule has 1 atom stereocenters. The van der Waals surface area contributed by atoms with E-state index in [9.17, 15) is 9.59 Å². The molecule has 0 saturated heterocycles. The molecule has 5 nitrogen and oxygen atoms in total. The molecule has 3 N–H and O–H groups in total. The molecule has 0 aromatic rings. The fourth-order valence-electron chi connectivity index (χ4n) is 3.05. The fraction of sp³-hybridized carbons (Fsp3) is 0.889. The van der Waals surface area contributed by atoms with Crippen molar-refractivity contribution >= 4 is 11.9 Å². The minimum absolute atomic E-state index is 0.0866. The van der Waals surface area contributed by atoms with Crippen molar-refractivity contribution in [2.75, 3.05) is 6.54 Å². The fourth-order valence-corrected chi connectivity index (χ4v) is 3.05. The molecular weight excluding hydrogens is 290 g/mol. The number of hydrogen-bond donors (Lipinski definition) is 3. The molecule has 23 heavy (non-hydrogen) atoms. The highest BCUT2D eigenvalue weighted by Crippen LogP contribution is 2.17. The maximum Gasteiger partial charge on any atom is 0.315 e. The molecule has 0 bridgehead atoms. The Kier molecular flexibility index (Phi) is 10.5. The lowest BCUT2D eigenvalue weighted by atomic mass is 9.96. The standard InChI is InChI=1S/C18H35N3O2/c1-3-4-6-10-15(2)20-17(22)13-9-14-19-18(23)21-16-11-7-5-8-12-16/h15-16H,3-14H2,1-2H3,(H,20,22)(H2,19,21,23). The van der Waals surface area contributed by atoms with E-state index in [1.807, 2.05) is 0 Å². The molecule has 1 unspecified atom stereocenters. The van der Waals surface area contributed by atoms with Crippen LogP contribution in [0.1, 0.15) is 84.5 Å². The van der Waals surface area contributed by atoms with Gasteiger partial charge in [0.15, 0.2) is 0 Å². The van der Waals surface area contributed by atoms with Gasteiger partial charge in [-0.15, -0.1) is 0 Å². The van der Waals surface area contributed by atoms with E-state index in [4.69, 9.17) is 0 Å². The van der Waals surface area contributed by atoms with Crippen molar-refractivity contribution in [3.05, 3.63) is 0 Å². The second kappa shape index (κ2) is 12.2. The molecule has 0 aliphatic heterocycles. The van der Waals surface area contributed by atoms with Crippen molar-refractivity contribution in [2.24, 2.45) is 0 Å². The number of hydrogen-bond acceptors (Lipinski definition) is 2. The van der Waals surface area contributed by atoms with Gasteiger partial charge in [0, 0.05) is 25.0 Å². The van der Waals surface area contributed by atoms with Crippen LogP contribution in [-0.4, -0.2) is 30.6 Å². The zero-order valence-electron chi connectivity index (χ0n) is 15.0. The van der Waals surface area contributed by atoms with Crippen molar-refractivity contribution in [3.63, 3.8) is 0 Å². The summed E-state index contributed by atoms with van der Waals surface area (Å²) in [5.74, 6) is 0.0866. The van der Waals surface area contributed by atoms with Crippen LogP contribution in [0.2, 0.25) is 0 Å². The maximum absolute atomic E-state index is 11.8. The Hall–Kier alpha value is -1.26. The SMILES string of the molecule is CCCCCC(C)NC(=O)CCCNC(=O)NC1CCCCC1. The third-order valence-electron chi connectivity index (χ3n) is 4.45. The monoisotopic (exact) mass is 325 g/mol. The summed E-state index contributed by atoms with van der Waals surface area (Å²) in [6.07, 6.45) is 11.7. The molecule has 0 radical (unpaired) electrons. The van der Waals surface area contributed by atoms with E-state index in [0.717, 1.165) is 19.3 Å². The third kappa shape index (κ3) is 10.2. The Bertz CT molecular complexity index is 341. The predicted molar refractivity (Wildman–Crippen MR) is 94.4 cm³/mol. The van der Waals surface area contributed by atoms with Crippen molar-refractivity contribution < 1.29 is 9.59 Å². The molecule has 1 aliphatic carbocycles. The number of unbranched alkanes of at least 4 members (excludes halogenated alkanes) is 2. The second-order valence-electron chi connectivity index (χ2n) is 6.80. The van der Waals surface area contributed by atoms with Crippen LogP contribution < -0.4 is 16.0 Å². The predicted octanol–water partition coefficient (Wildman–Crippen LogP) is 3.48. The molecule has 134 valence electrons. The Balaban J connectivity index is 2.00. The Morgan fingerprint density at radius 2 is 1.83 bits per heavy atom. The minimum Gasteiger partial charge on any atom is -0.354 e. The first-order valence-electron chi connectivity index (χ1n) is 9.45. The van der Waals surface area contributed by atoms with Crippen LogP contribution in [-0.2, 0) is 4.79 Å². The highest BCUT2D eigenvalue weighted by molar-refractivity contribution is 5.76. The van der Waals surface area contributed by atoms with Gasteiger partial charge in [0.1, 0.15) is 0 Å². The van der Waals surface area contributed by atoms with Crippen LogP contribution in [0.25, 0.3) is 0 Å². The van der Waals surface area contributed by atoms with Crippen molar-refractivity contribution in [1.29, 1.82) is 0 Å². The molecule has 5 heteroatoms. The molecule has 0 aromatic heterocycles. The number of carbonyl (C=O) groups is 2. The van der Waals surface area contributed by atoms with Gasteiger partial charge in [-0.1, -0.05) is 45.4 Å². The van der Waals surface area contributed by atoms with Crippen LogP contribution in [0.15, 0.2) is 0 Å². The van der Waals surface area contributed by atoms with E-state index in [2.05, 4.69) is 29.8 Å². The molecular formula is C18H35N3O2. The topological polar surface area (TPSA) is 70.2 Å². The number of nitrogens with one attached hydrogen (secondary N) is 3. The van der Waals surface area contributed by atoms with Gasteiger partial charge >= 0.3 is 6.03 Å². The maximum atomic E-state index is 11.8. The first kappa shape index (κ1) is 19.8. The summed E-state index contributed by atoms with van der Waals surface area (Å²) >= 11 is 0. The summed E-state index contributed by atoms with van der Waals surface area (Å²) in [5, 5.41) is 8.89. The highest BCUT2D eigenvalue weighted by atomic mass is 16.2. The average Bonchev–Trinajstić information content (AvgIpc) is 2.53. The third-order valence-corrected chi connectivity index (χ3v) is 4.45. The van der Waals surface area contributed by atoms with Crippen molar-refractivity contribution in [1.82, 2.24) is 16.0 Å². The lowest BCUT2D eigenvalue weighted by Crippen LogP contribution is -2.43. The molecule has 1 fully saturated rings. The van der Waals surface area contributed by atoms with Crippen LogP contribution >= 0.6 is 0 Å². The smallest absolute Gasteiger partial charge is 0.315 e. The summed E-state index contributed by atoms with van der Waals surface area (Å²) in [6.45, 7) is 4.79. The first-order chi connectivity index (χ1) is 11.1. The largest absolute Gasteiger partial charge is 0.354 e. The lowest BCUT2D eigenvalue weighted by molar-refractivity contribution is -0.121. The Morgan fingerprint density at radius 3 is 2.52 bits per heavy atom. The van der Waals surface area contributed by atoms with Gasteiger partial charge in [-0.05, 0) is 32.6 Å². The molecule has 3 amide bonds. The number of urea groups is 1. The highest BCUT2D eigenvalue weighted by Gasteiger charge is 2.15. The first-order valence-corrected chi connectivity index (χ1v) is 9.45. The van der Waals surface area contributed by atoms with Crippen LogP contribution in [0.3, 0.4) is 0 Å². The summed E-state index contributed by atoms with van der Waals surface area (Å²) in [4.78, 5) is 23.6. The van der Waals surface area contributed by atoms with Crippen LogP contribution in [0.4, 0.5) is 4.79 Å².